The highest BCUT2D eigenvalue weighted by atomic mass is 35.5. The Morgan fingerprint density at radius 2 is 1.82 bits per heavy atom. The number of nitrogens with one attached hydrogen (secondary N) is 1. The largest absolute Gasteiger partial charge is 0.379 e. The number of sulfonamides is 1. The highest BCUT2D eigenvalue weighted by Gasteiger charge is 2.29. The SMILES string of the molecule is Cc1ccc(NC(=O)CSc2nc3ccccc3c(=O)n2-c2ccc(C)c(Cl)c2)c(S(=O)(=O)N2CCOCC2)c1. The number of nitrogens with zero attached hydrogens (tertiary/aromatic N) is 3. The number of para-hydroxylation sites is 1. The number of halogens is 1. The summed E-state index contributed by atoms with van der Waals surface area (Å²) in [6.45, 7) is 4.78. The molecule has 0 saturated carbocycles. The summed E-state index contributed by atoms with van der Waals surface area (Å²) in [5, 5.41) is 3.99. The number of aryl methyl sites for hydroxylation is 2. The Kier molecular flexibility index (Phi) is 8.29. The molecule has 1 amide bonds. The number of rotatable bonds is 7. The van der Waals surface area contributed by atoms with Gasteiger partial charge in [-0.15, -0.1) is 0 Å². The number of hydrogen-bond donors (Lipinski definition) is 1. The molecule has 0 radical (unpaired) electrons. The van der Waals surface area contributed by atoms with Gasteiger partial charge in [-0.2, -0.15) is 4.31 Å². The van der Waals surface area contributed by atoms with Crippen molar-refractivity contribution in [2.24, 2.45) is 0 Å². The summed E-state index contributed by atoms with van der Waals surface area (Å²) in [4.78, 5) is 31.3. The van der Waals surface area contributed by atoms with Crippen molar-refractivity contribution in [3.8, 4) is 5.69 Å². The molecular formula is C28H27ClN4O5S2. The van der Waals surface area contributed by atoms with E-state index < -0.39 is 15.9 Å². The molecule has 1 saturated heterocycles. The Labute approximate surface area is 241 Å². The lowest BCUT2D eigenvalue weighted by atomic mass is 10.2. The maximum atomic E-state index is 13.5. The minimum Gasteiger partial charge on any atom is -0.379 e. The Bertz CT molecular complexity index is 1770. The van der Waals surface area contributed by atoms with Crippen LogP contribution >= 0.6 is 23.4 Å². The van der Waals surface area contributed by atoms with E-state index in [0.29, 0.717) is 40.0 Å². The molecule has 1 fully saturated rings. The summed E-state index contributed by atoms with van der Waals surface area (Å²) in [5.41, 5.74) is 2.55. The summed E-state index contributed by atoms with van der Waals surface area (Å²) in [6, 6.07) is 17.2. The van der Waals surface area contributed by atoms with Gasteiger partial charge in [0.2, 0.25) is 15.9 Å². The maximum absolute atomic E-state index is 13.5. The molecule has 9 nitrogen and oxygen atoms in total. The molecule has 1 N–H and O–H groups in total. The average molecular weight is 599 g/mol. The van der Waals surface area contributed by atoms with Crippen LogP contribution in [0.1, 0.15) is 11.1 Å². The smallest absolute Gasteiger partial charge is 0.266 e. The number of anilines is 1. The number of carbonyl (C=O) groups is 1. The predicted octanol–water partition coefficient (Wildman–Crippen LogP) is 4.41. The van der Waals surface area contributed by atoms with Crippen molar-refractivity contribution in [1.82, 2.24) is 13.9 Å². The van der Waals surface area contributed by atoms with E-state index in [9.17, 15) is 18.0 Å². The van der Waals surface area contributed by atoms with E-state index >= 15 is 0 Å². The lowest BCUT2D eigenvalue weighted by Gasteiger charge is -2.27. The molecule has 0 unspecified atom stereocenters. The molecule has 0 atom stereocenters. The summed E-state index contributed by atoms with van der Waals surface area (Å²) < 4.78 is 34.9. The van der Waals surface area contributed by atoms with Gasteiger partial charge < -0.3 is 10.1 Å². The van der Waals surface area contributed by atoms with E-state index in [-0.39, 0.29) is 35.0 Å². The second kappa shape index (κ2) is 11.7. The van der Waals surface area contributed by atoms with E-state index in [1.807, 2.05) is 13.0 Å². The third-order valence-corrected chi connectivity index (χ3v) is 9.77. The van der Waals surface area contributed by atoms with E-state index in [2.05, 4.69) is 10.3 Å². The second-order valence-electron chi connectivity index (χ2n) is 9.34. The van der Waals surface area contributed by atoms with Crippen LogP contribution in [0.15, 0.2) is 75.5 Å². The van der Waals surface area contributed by atoms with Gasteiger partial charge in [0.15, 0.2) is 5.16 Å². The third kappa shape index (κ3) is 5.79. The van der Waals surface area contributed by atoms with E-state index in [1.165, 1.54) is 8.87 Å². The van der Waals surface area contributed by atoms with E-state index in [1.54, 1.807) is 61.5 Å². The van der Waals surface area contributed by atoms with Crippen LogP contribution in [0.4, 0.5) is 5.69 Å². The highest BCUT2D eigenvalue weighted by Crippen LogP contribution is 2.28. The predicted molar refractivity (Wildman–Crippen MR) is 157 cm³/mol. The van der Waals surface area contributed by atoms with Gasteiger partial charge >= 0.3 is 0 Å². The van der Waals surface area contributed by atoms with Crippen LogP contribution in [0, 0.1) is 13.8 Å². The number of thioether (sulfide) groups is 1. The van der Waals surface area contributed by atoms with Gasteiger partial charge in [0.05, 0.1) is 41.2 Å². The van der Waals surface area contributed by atoms with Crippen LogP contribution < -0.4 is 10.9 Å². The number of amides is 1. The summed E-state index contributed by atoms with van der Waals surface area (Å²) in [5.74, 6) is -0.557. The van der Waals surface area contributed by atoms with Gasteiger partial charge in [0, 0.05) is 18.1 Å². The van der Waals surface area contributed by atoms with Crippen molar-refractivity contribution in [3.63, 3.8) is 0 Å². The summed E-state index contributed by atoms with van der Waals surface area (Å²) >= 11 is 7.43. The number of benzene rings is 3. The maximum Gasteiger partial charge on any atom is 0.266 e. The molecule has 1 aliphatic heterocycles. The van der Waals surface area contributed by atoms with Crippen LogP contribution in [0.2, 0.25) is 5.02 Å². The van der Waals surface area contributed by atoms with E-state index in [4.69, 9.17) is 16.3 Å². The molecule has 0 aliphatic carbocycles. The number of hydrogen-bond acceptors (Lipinski definition) is 7. The molecule has 12 heteroatoms. The molecular weight excluding hydrogens is 572 g/mol. The zero-order valence-corrected chi connectivity index (χ0v) is 24.3. The quantitative estimate of drug-likeness (QED) is 0.248. The molecule has 208 valence electrons. The number of ether oxygens (including phenoxy) is 1. The van der Waals surface area contributed by atoms with Crippen molar-refractivity contribution in [1.29, 1.82) is 0 Å². The van der Waals surface area contributed by atoms with Crippen LogP contribution in [0.25, 0.3) is 16.6 Å². The van der Waals surface area contributed by atoms with Gasteiger partial charge in [-0.05, 0) is 61.4 Å². The number of fused-ring (bicyclic) bond motifs is 1. The number of morpholine rings is 1. The molecule has 0 bridgehead atoms. The van der Waals surface area contributed by atoms with Gasteiger partial charge in [-0.1, -0.05) is 47.6 Å². The number of carbonyl (C=O) groups excluding carboxylic acids is 1. The zero-order chi connectivity index (χ0) is 28.4. The van der Waals surface area contributed by atoms with Crippen molar-refractivity contribution in [3.05, 3.63) is 87.2 Å². The minimum absolute atomic E-state index is 0.0304. The fraction of sp³-hybridized carbons (Fsp3) is 0.250. The number of aromatic nitrogens is 2. The fourth-order valence-corrected chi connectivity index (χ4v) is 6.97. The van der Waals surface area contributed by atoms with Crippen LogP contribution in [0.5, 0.6) is 0 Å². The molecule has 0 spiro atoms. The van der Waals surface area contributed by atoms with Crippen LogP contribution in [0.3, 0.4) is 0 Å². The van der Waals surface area contributed by atoms with Gasteiger partial charge in [0.1, 0.15) is 4.90 Å². The molecule has 1 aliphatic rings. The molecule has 4 aromatic rings. The fourth-order valence-electron chi connectivity index (χ4n) is 4.35. The Morgan fingerprint density at radius 3 is 2.58 bits per heavy atom. The Morgan fingerprint density at radius 1 is 1.07 bits per heavy atom. The van der Waals surface area contributed by atoms with Crippen LogP contribution in [-0.4, -0.2) is 60.2 Å². The lowest BCUT2D eigenvalue weighted by molar-refractivity contribution is -0.113. The molecule has 5 rings (SSSR count). The van der Waals surface area contributed by atoms with Crippen molar-refractivity contribution in [2.75, 3.05) is 37.4 Å². The van der Waals surface area contributed by atoms with Gasteiger partial charge in [-0.25, -0.2) is 13.4 Å². The lowest BCUT2D eigenvalue weighted by Crippen LogP contribution is -2.41. The molecule has 2 heterocycles. The highest BCUT2D eigenvalue weighted by molar-refractivity contribution is 7.99. The molecule has 40 heavy (non-hydrogen) atoms. The normalized spacial score (nSPS) is 14.4. The first-order valence-electron chi connectivity index (χ1n) is 12.5. The first-order chi connectivity index (χ1) is 19.1. The minimum atomic E-state index is -3.85. The second-order valence-corrected chi connectivity index (χ2v) is 12.6. The van der Waals surface area contributed by atoms with Crippen molar-refractivity contribution < 1.29 is 17.9 Å². The standard InChI is InChI=1S/C28H27ClN4O5S2/c1-18-7-10-24(25(15-18)40(36,37)32-11-13-38-14-12-32)30-26(34)17-39-28-31-23-6-4-3-5-21(23)27(35)33(28)20-9-8-19(2)22(29)16-20/h3-10,15-16H,11-14,17H2,1-2H3,(H,30,34). The van der Waals surface area contributed by atoms with Crippen molar-refractivity contribution in [2.45, 2.75) is 23.9 Å². The molecule has 1 aromatic heterocycles. The molecule has 3 aromatic carbocycles. The monoisotopic (exact) mass is 598 g/mol. The Balaban J connectivity index is 1.44. The third-order valence-electron chi connectivity index (χ3n) is 6.49. The van der Waals surface area contributed by atoms with E-state index in [0.717, 1.165) is 22.9 Å². The summed E-state index contributed by atoms with van der Waals surface area (Å²) in [6.07, 6.45) is 0. The first kappa shape index (κ1) is 28.3. The van der Waals surface area contributed by atoms with Gasteiger partial charge in [-0.3, -0.25) is 14.2 Å². The van der Waals surface area contributed by atoms with Crippen molar-refractivity contribution >= 4 is 55.9 Å². The topological polar surface area (TPSA) is 111 Å². The average Bonchev–Trinajstić information content (AvgIpc) is 2.95. The van der Waals surface area contributed by atoms with Gasteiger partial charge in [0.25, 0.3) is 5.56 Å². The van der Waals surface area contributed by atoms with Crippen LogP contribution in [-0.2, 0) is 19.6 Å². The zero-order valence-electron chi connectivity index (χ0n) is 21.9. The Hall–Kier alpha value is -3.22. The first-order valence-corrected chi connectivity index (χ1v) is 15.3. The summed E-state index contributed by atoms with van der Waals surface area (Å²) in [7, 11) is -3.85.